The molecular formula is C18H24N4OS. The number of piperidine rings is 1. The van der Waals surface area contributed by atoms with Gasteiger partial charge in [-0.05, 0) is 55.3 Å². The lowest BCUT2D eigenvalue weighted by molar-refractivity contribution is 0.237. The third-order valence-electron chi connectivity index (χ3n) is 4.26. The summed E-state index contributed by atoms with van der Waals surface area (Å²) in [6.07, 6.45) is 5.59. The second-order valence-electron chi connectivity index (χ2n) is 6.13. The van der Waals surface area contributed by atoms with Gasteiger partial charge in [-0.25, -0.2) is 9.78 Å². The van der Waals surface area contributed by atoms with Crippen LogP contribution in [0.25, 0.3) is 0 Å². The molecule has 0 aromatic carbocycles. The molecule has 2 amide bonds. The molecule has 2 N–H and O–H groups in total. The Hall–Kier alpha value is -2.08. The Balaban J connectivity index is 1.51. The number of urea groups is 1. The number of thiophene rings is 1. The second kappa shape index (κ2) is 8.15. The van der Waals surface area contributed by atoms with Crippen molar-refractivity contribution in [2.24, 2.45) is 0 Å². The molecule has 3 rings (SSSR count). The maximum atomic E-state index is 12.1. The van der Waals surface area contributed by atoms with Gasteiger partial charge in [0.15, 0.2) is 0 Å². The summed E-state index contributed by atoms with van der Waals surface area (Å²) in [5.74, 6) is 1.02. The molecule has 0 saturated carbocycles. The van der Waals surface area contributed by atoms with Crippen molar-refractivity contribution in [1.82, 2.24) is 15.6 Å². The Kier molecular flexibility index (Phi) is 5.69. The first-order chi connectivity index (χ1) is 11.7. The van der Waals surface area contributed by atoms with Crippen LogP contribution in [0.15, 0.2) is 35.8 Å². The molecule has 128 valence electrons. The Labute approximate surface area is 147 Å². The SMILES string of the molecule is C[C@@H](NC(=O)NCc1ccnc(N2CCCCC2)c1)c1cccs1. The van der Waals surface area contributed by atoms with E-state index in [1.165, 1.54) is 19.3 Å². The van der Waals surface area contributed by atoms with Crippen molar-refractivity contribution in [2.75, 3.05) is 18.0 Å². The van der Waals surface area contributed by atoms with Crippen LogP contribution in [-0.2, 0) is 6.54 Å². The quantitative estimate of drug-likeness (QED) is 0.870. The minimum atomic E-state index is -0.146. The molecular weight excluding hydrogens is 320 g/mol. The molecule has 2 aromatic rings. The van der Waals surface area contributed by atoms with Gasteiger partial charge in [-0.2, -0.15) is 0 Å². The van der Waals surface area contributed by atoms with E-state index >= 15 is 0 Å². The molecule has 0 spiro atoms. The molecule has 0 bridgehead atoms. The third kappa shape index (κ3) is 4.47. The zero-order chi connectivity index (χ0) is 16.8. The standard InChI is InChI=1S/C18H24N4OS/c1-14(16-6-5-11-24-16)21-18(23)20-13-15-7-8-19-17(12-15)22-9-3-2-4-10-22/h5-8,11-12,14H,2-4,9-10,13H2,1H3,(H2,20,21,23)/t14-/m1/s1. The maximum absolute atomic E-state index is 12.1. The van der Waals surface area contributed by atoms with Crippen molar-refractivity contribution in [3.8, 4) is 0 Å². The molecule has 1 saturated heterocycles. The lowest BCUT2D eigenvalue weighted by Crippen LogP contribution is -2.36. The number of hydrogen-bond donors (Lipinski definition) is 2. The normalized spacial score (nSPS) is 15.8. The summed E-state index contributed by atoms with van der Waals surface area (Å²) in [5, 5.41) is 7.91. The van der Waals surface area contributed by atoms with Gasteiger partial charge >= 0.3 is 6.03 Å². The topological polar surface area (TPSA) is 57.3 Å². The van der Waals surface area contributed by atoms with Crippen LogP contribution in [0.5, 0.6) is 0 Å². The molecule has 24 heavy (non-hydrogen) atoms. The van der Waals surface area contributed by atoms with E-state index in [4.69, 9.17) is 0 Å². The summed E-state index contributed by atoms with van der Waals surface area (Å²) in [6, 6.07) is 7.93. The van der Waals surface area contributed by atoms with Gasteiger partial charge in [0.2, 0.25) is 0 Å². The third-order valence-corrected chi connectivity index (χ3v) is 5.32. The summed E-state index contributed by atoms with van der Waals surface area (Å²) in [6.45, 7) is 4.64. The lowest BCUT2D eigenvalue weighted by Gasteiger charge is -2.27. The minimum Gasteiger partial charge on any atom is -0.357 e. The second-order valence-corrected chi connectivity index (χ2v) is 7.11. The van der Waals surface area contributed by atoms with Crippen LogP contribution in [0.1, 0.15) is 42.7 Å². The lowest BCUT2D eigenvalue weighted by atomic mass is 10.1. The molecule has 6 heteroatoms. The number of carbonyl (C=O) groups excluding carboxylic acids is 1. The van der Waals surface area contributed by atoms with E-state index in [9.17, 15) is 4.79 Å². The van der Waals surface area contributed by atoms with Gasteiger partial charge in [0.1, 0.15) is 5.82 Å². The molecule has 1 atom stereocenters. The van der Waals surface area contributed by atoms with Crippen LogP contribution >= 0.6 is 11.3 Å². The molecule has 0 aliphatic carbocycles. The van der Waals surface area contributed by atoms with Gasteiger partial charge in [0.05, 0.1) is 6.04 Å². The fourth-order valence-electron chi connectivity index (χ4n) is 2.91. The number of nitrogens with zero attached hydrogens (tertiary/aromatic N) is 2. The van der Waals surface area contributed by atoms with Gasteiger partial charge in [-0.15, -0.1) is 11.3 Å². The van der Waals surface area contributed by atoms with Crippen molar-refractivity contribution < 1.29 is 4.79 Å². The van der Waals surface area contributed by atoms with Crippen LogP contribution in [0, 0.1) is 0 Å². The molecule has 0 radical (unpaired) electrons. The first-order valence-corrected chi connectivity index (χ1v) is 9.38. The van der Waals surface area contributed by atoms with Gasteiger partial charge in [-0.3, -0.25) is 0 Å². The molecule has 1 fully saturated rings. The van der Waals surface area contributed by atoms with Crippen molar-refractivity contribution >= 4 is 23.2 Å². The minimum absolute atomic E-state index is 0.0198. The van der Waals surface area contributed by atoms with Crippen LogP contribution in [0.2, 0.25) is 0 Å². The first kappa shape index (κ1) is 16.8. The molecule has 1 aliphatic heterocycles. The Morgan fingerprint density at radius 3 is 2.92 bits per heavy atom. The summed E-state index contributed by atoms with van der Waals surface area (Å²) in [4.78, 5) is 20.0. The van der Waals surface area contributed by atoms with Crippen molar-refractivity contribution in [2.45, 2.75) is 38.8 Å². The number of anilines is 1. The van der Waals surface area contributed by atoms with Gasteiger partial charge in [-0.1, -0.05) is 6.07 Å². The van der Waals surface area contributed by atoms with Gasteiger partial charge in [0.25, 0.3) is 0 Å². The summed E-state index contributed by atoms with van der Waals surface area (Å²) in [7, 11) is 0. The Morgan fingerprint density at radius 2 is 2.17 bits per heavy atom. The van der Waals surface area contributed by atoms with Crippen LogP contribution in [0.3, 0.4) is 0 Å². The molecule has 5 nitrogen and oxygen atoms in total. The van der Waals surface area contributed by atoms with E-state index in [0.717, 1.165) is 29.3 Å². The zero-order valence-electron chi connectivity index (χ0n) is 14.0. The molecule has 3 heterocycles. The van der Waals surface area contributed by atoms with E-state index in [1.807, 2.05) is 36.7 Å². The zero-order valence-corrected chi connectivity index (χ0v) is 14.8. The average molecular weight is 344 g/mol. The maximum Gasteiger partial charge on any atom is 0.315 e. The van der Waals surface area contributed by atoms with Crippen LogP contribution in [0.4, 0.5) is 10.6 Å². The van der Waals surface area contributed by atoms with E-state index in [1.54, 1.807) is 11.3 Å². The van der Waals surface area contributed by atoms with E-state index in [-0.39, 0.29) is 12.1 Å². The van der Waals surface area contributed by atoms with E-state index in [0.29, 0.717) is 6.54 Å². The molecule has 2 aromatic heterocycles. The van der Waals surface area contributed by atoms with Crippen LogP contribution < -0.4 is 15.5 Å². The summed E-state index contributed by atoms with van der Waals surface area (Å²) in [5.41, 5.74) is 1.07. The number of aromatic nitrogens is 1. The first-order valence-electron chi connectivity index (χ1n) is 8.50. The number of pyridine rings is 1. The van der Waals surface area contributed by atoms with Crippen LogP contribution in [-0.4, -0.2) is 24.1 Å². The fraction of sp³-hybridized carbons (Fsp3) is 0.444. The number of amides is 2. The monoisotopic (exact) mass is 344 g/mol. The summed E-state index contributed by atoms with van der Waals surface area (Å²) >= 11 is 1.65. The molecule has 1 aliphatic rings. The van der Waals surface area contributed by atoms with Crippen molar-refractivity contribution in [1.29, 1.82) is 0 Å². The summed E-state index contributed by atoms with van der Waals surface area (Å²) < 4.78 is 0. The highest BCUT2D eigenvalue weighted by Crippen LogP contribution is 2.19. The van der Waals surface area contributed by atoms with Crippen molar-refractivity contribution in [3.05, 3.63) is 46.3 Å². The van der Waals surface area contributed by atoms with E-state index < -0.39 is 0 Å². The highest BCUT2D eigenvalue weighted by Gasteiger charge is 2.13. The Morgan fingerprint density at radius 1 is 1.33 bits per heavy atom. The van der Waals surface area contributed by atoms with Crippen molar-refractivity contribution in [3.63, 3.8) is 0 Å². The van der Waals surface area contributed by atoms with Gasteiger partial charge < -0.3 is 15.5 Å². The smallest absolute Gasteiger partial charge is 0.315 e. The van der Waals surface area contributed by atoms with E-state index in [2.05, 4.69) is 26.6 Å². The Bertz CT molecular complexity index is 653. The van der Waals surface area contributed by atoms with Gasteiger partial charge in [0, 0.05) is 30.7 Å². The molecule has 0 unspecified atom stereocenters. The fourth-order valence-corrected chi connectivity index (χ4v) is 3.64. The number of nitrogens with one attached hydrogen (secondary N) is 2. The predicted octanol–water partition coefficient (Wildman–Crippen LogP) is 3.69. The number of hydrogen-bond acceptors (Lipinski definition) is 4. The highest BCUT2D eigenvalue weighted by molar-refractivity contribution is 7.10. The average Bonchev–Trinajstić information content (AvgIpc) is 3.16. The highest BCUT2D eigenvalue weighted by atomic mass is 32.1. The largest absolute Gasteiger partial charge is 0.357 e. The number of rotatable bonds is 5. The number of carbonyl (C=O) groups is 1. The predicted molar refractivity (Wildman–Crippen MR) is 98.4 cm³/mol.